The first-order valence-electron chi connectivity index (χ1n) is 6.49. The highest BCUT2D eigenvalue weighted by atomic mass is 16.5. The summed E-state index contributed by atoms with van der Waals surface area (Å²) in [5.74, 6) is -3.13. The number of carboxylic acids is 1. The number of esters is 1. The summed E-state index contributed by atoms with van der Waals surface area (Å²) in [5, 5.41) is 11.7. The molecule has 0 heterocycles. The third-order valence-corrected chi connectivity index (χ3v) is 3.59. The van der Waals surface area contributed by atoms with E-state index in [9.17, 15) is 14.4 Å². The lowest BCUT2D eigenvalue weighted by molar-refractivity contribution is -0.149. The van der Waals surface area contributed by atoms with E-state index in [0.29, 0.717) is 12.8 Å². The monoisotopic (exact) mass is 271 g/mol. The Morgan fingerprint density at radius 1 is 1.21 bits per heavy atom. The molecule has 19 heavy (non-hydrogen) atoms. The van der Waals surface area contributed by atoms with E-state index >= 15 is 0 Å². The maximum Gasteiger partial charge on any atom is 0.328 e. The standard InChI is InChI=1S/C13H21NO5/c1-7(2)10(13(18)19-3)14-11(15)8-5-4-6-9(8)12(16)17/h7-10H,4-6H2,1-3H3,(H,14,15)(H,16,17)/t8?,9?,10-/m0/s1. The molecule has 1 rings (SSSR count). The number of aliphatic carboxylic acids is 1. The van der Waals surface area contributed by atoms with Gasteiger partial charge < -0.3 is 15.2 Å². The van der Waals surface area contributed by atoms with Crippen LogP contribution in [0.15, 0.2) is 0 Å². The first-order chi connectivity index (χ1) is 8.88. The number of hydrogen-bond donors (Lipinski definition) is 2. The molecule has 2 N–H and O–H groups in total. The van der Waals surface area contributed by atoms with Crippen LogP contribution in [0, 0.1) is 17.8 Å². The number of rotatable bonds is 5. The first kappa shape index (κ1) is 15.5. The molecule has 0 radical (unpaired) electrons. The predicted octanol–water partition coefficient (Wildman–Crippen LogP) is 0.801. The molecule has 0 aromatic carbocycles. The number of ether oxygens (including phenoxy) is 1. The second kappa shape index (κ2) is 6.54. The van der Waals surface area contributed by atoms with Gasteiger partial charge in [-0.05, 0) is 18.8 Å². The van der Waals surface area contributed by atoms with Gasteiger partial charge in [-0.1, -0.05) is 20.3 Å². The highest BCUT2D eigenvalue weighted by Crippen LogP contribution is 2.32. The third-order valence-electron chi connectivity index (χ3n) is 3.59. The zero-order valence-electron chi connectivity index (χ0n) is 11.5. The molecule has 1 aliphatic carbocycles. The number of methoxy groups -OCH3 is 1. The van der Waals surface area contributed by atoms with Crippen LogP contribution < -0.4 is 5.32 Å². The van der Waals surface area contributed by atoms with Crippen molar-refractivity contribution in [3.63, 3.8) is 0 Å². The molecule has 0 spiro atoms. The van der Waals surface area contributed by atoms with Crippen LogP contribution in [0.2, 0.25) is 0 Å². The van der Waals surface area contributed by atoms with Crippen LogP contribution in [0.5, 0.6) is 0 Å². The normalized spacial score (nSPS) is 24.0. The number of nitrogens with one attached hydrogen (secondary N) is 1. The Bertz CT molecular complexity index is 366. The van der Waals surface area contributed by atoms with Gasteiger partial charge in [-0.15, -0.1) is 0 Å². The van der Waals surface area contributed by atoms with E-state index in [-0.39, 0.29) is 11.8 Å². The summed E-state index contributed by atoms with van der Waals surface area (Å²) in [6.07, 6.45) is 1.78. The second-order valence-electron chi connectivity index (χ2n) is 5.24. The molecule has 2 unspecified atom stereocenters. The zero-order chi connectivity index (χ0) is 14.6. The van der Waals surface area contributed by atoms with E-state index in [1.54, 1.807) is 13.8 Å². The summed E-state index contributed by atoms with van der Waals surface area (Å²) in [6.45, 7) is 3.59. The van der Waals surface area contributed by atoms with E-state index in [2.05, 4.69) is 10.1 Å². The summed E-state index contributed by atoms with van der Waals surface area (Å²) < 4.78 is 4.64. The van der Waals surface area contributed by atoms with Gasteiger partial charge in [0.15, 0.2) is 0 Å². The van der Waals surface area contributed by atoms with Crippen molar-refractivity contribution in [1.82, 2.24) is 5.32 Å². The Morgan fingerprint density at radius 2 is 1.79 bits per heavy atom. The van der Waals surface area contributed by atoms with Crippen molar-refractivity contribution in [2.24, 2.45) is 17.8 Å². The van der Waals surface area contributed by atoms with Crippen molar-refractivity contribution in [3.05, 3.63) is 0 Å². The minimum absolute atomic E-state index is 0.110. The van der Waals surface area contributed by atoms with Gasteiger partial charge in [0.05, 0.1) is 18.9 Å². The summed E-state index contributed by atoms with van der Waals surface area (Å²) in [7, 11) is 1.26. The summed E-state index contributed by atoms with van der Waals surface area (Å²) >= 11 is 0. The Morgan fingerprint density at radius 3 is 2.26 bits per heavy atom. The van der Waals surface area contributed by atoms with E-state index in [4.69, 9.17) is 5.11 Å². The van der Waals surface area contributed by atoms with Crippen LogP contribution in [0.4, 0.5) is 0 Å². The lowest BCUT2D eigenvalue weighted by atomic mass is 9.94. The van der Waals surface area contributed by atoms with E-state index in [1.807, 2.05) is 0 Å². The lowest BCUT2D eigenvalue weighted by Gasteiger charge is -2.23. The molecule has 108 valence electrons. The highest BCUT2D eigenvalue weighted by molar-refractivity contribution is 5.89. The molecule has 1 aliphatic rings. The Kier molecular flexibility index (Phi) is 5.32. The van der Waals surface area contributed by atoms with Crippen molar-refractivity contribution in [2.75, 3.05) is 7.11 Å². The number of amides is 1. The van der Waals surface area contributed by atoms with Gasteiger partial charge >= 0.3 is 11.9 Å². The fourth-order valence-electron chi connectivity index (χ4n) is 2.45. The molecule has 6 nitrogen and oxygen atoms in total. The van der Waals surface area contributed by atoms with Crippen molar-refractivity contribution in [1.29, 1.82) is 0 Å². The molecule has 0 saturated heterocycles. The molecular weight excluding hydrogens is 250 g/mol. The SMILES string of the molecule is COC(=O)[C@@H](NC(=O)C1CCCC1C(=O)O)C(C)C. The first-order valence-corrected chi connectivity index (χ1v) is 6.49. The van der Waals surface area contributed by atoms with Crippen LogP contribution in [0.3, 0.4) is 0 Å². The molecule has 0 aliphatic heterocycles. The van der Waals surface area contributed by atoms with Gasteiger partial charge in [-0.25, -0.2) is 4.79 Å². The van der Waals surface area contributed by atoms with Gasteiger partial charge in [0, 0.05) is 0 Å². The predicted molar refractivity (Wildman–Crippen MR) is 67.3 cm³/mol. The van der Waals surface area contributed by atoms with Gasteiger partial charge in [-0.3, -0.25) is 9.59 Å². The molecule has 6 heteroatoms. The van der Waals surface area contributed by atoms with Gasteiger partial charge in [-0.2, -0.15) is 0 Å². The third kappa shape index (κ3) is 3.68. The molecular formula is C13H21NO5. The number of hydrogen-bond acceptors (Lipinski definition) is 4. The number of carbonyl (C=O) groups is 3. The number of carbonyl (C=O) groups excluding carboxylic acids is 2. The summed E-state index contributed by atoms with van der Waals surface area (Å²) in [6, 6.07) is -0.729. The topological polar surface area (TPSA) is 92.7 Å². The number of carboxylic acid groups (broad SMARTS) is 1. The van der Waals surface area contributed by atoms with Crippen LogP contribution in [-0.4, -0.2) is 36.1 Å². The van der Waals surface area contributed by atoms with Crippen LogP contribution in [0.1, 0.15) is 33.1 Å². The minimum atomic E-state index is -0.947. The van der Waals surface area contributed by atoms with Crippen molar-refractivity contribution in [2.45, 2.75) is 39.2 Å². The fourth-order valence-corrected chi connectivity index (χ4v) is 2.45. The molecule has 1 fully saturated rings. The van der Waals surface area contributed by atoms with E-state index in [0.717, 1.165) is 6.42 Å². The molecule has 0 aromatic heterocycles. The van der Waals surface area contributed by atoms with Gasteiger partial charge in [0.2, 0.25) is 5.91 Å². The maximum absolute atomic E-state index is 12.1. The Hall–Kier alpha value is -1.59. The Labute approximate surface area is 112 Å². The lowest BCUT2D eigenvalue weighted by Crippen LogP contribution is -2.48. The fraction of sp³-hybridized carbons (Fsp3) is 0.769. The van der Waals surface area contributed by atoms with E-state index < -0.39 is 29.8 Å². The van der Waals surface area contributed by atoms with Crippen molar-refractivity contribution < 1.29 is 24.2 Å². The maximum atomic E-state index is 12.1. The van der Waals surface area contributed by atoms with Crippen LogP contribution in [0.25, 0.3) is 0 Å². The van der Waals surface area contributed by atoms with Crippen molar-refractivity contribution >= 4 is 17.8 Å². The van der Waals surface area contributed by atoms with Gasteiger partial charge in [0.25, 0.3) is 0 Å². The molecule has 0 bridgehead atoms. The highest BCUT2D eigenvalue weighted by Gasteiger charge is 2.39. The quantitative estimate of drug-likeness (QED) is 0.721. The van der Waals surface area contributed by atoms with Crippen molar-refractivity contribution in [3.8, 4) is 0 Å². The second-order valence-corrected chi connectivity index (χ2v) is 5.24. The summed E-state index contributed by atoms with van der Waals surface area (Å²) in [5.41, 5.74) is 0. The van der Waals surface area contributed by atoms with E-state index in [1.165, 1.54) is 7.11 Å². The Balaban J connectivity index is 2.71. The average Bonchev–Trinajstić information content (AvgIpc) is 2.83. The minimum Gasteiger partial charge on any atom is -0.481 e. The van der Waals surface area contributed by atoms with Crippen LogP contribution in [-0.2, 0) is 19.1 Å². The molecule has 1 saturated carbocycles. The summed E-state index contributed by atoms with van der Waals surface area (Å²) in [4.78, 5) is 34.7. The molecule has 1 amide bonds. The zero-order valence-corrected chi connectivity index (χ0v) is 11.5. The van der Waals surface area contributed by atoms with Crippen LogP contribution >= 0.6 is 0 Å². The molecule has 0 aromatic rings. The smallest absolute Gasteiger partial charge is 0.328 e. The molecule has 3 atom stereocenters. The van der Waals surface area contributed by atoms with Gasteiger partial charge in [0.1, 0.15) is 6.04 Å². The average molecular weight is 271 g/mol. The largest absolute Gasteiger partial charge is 0.481 e.